The van der Waals surface area contributed by atoms with Gasteiger partial charge in [0.15, 0.2) is 6.10 Å². The molecule has 0 aliphatic rings. The van der Waals surface area contributed by atoms with Gasteiger partial charge in [-0.3, -0.25) is 30.6 Å². The van der Waals surface area contributed by atoms with Crippen molar-refractivity contribution in [1.29, 1.82) is 0 Å². The summed E-state index contributed by atoms with van der Waals surface area (Å²) in [4.78, 5) is 33.7. The molecule has 0 aliphatic carbocycles. The Hall–Kier alpha value is -3.35. The van der Waals surface area contributed by atoms with Crippen LogP contribution in [0.2, 0.25) is 0 Å². The lowest BCUT2D eigenvalue weighted by molar-refractivity contribution is -0.388. The maximum atomic E-state index is 12.9. The number of hydrogen-bond acceptors (Lipinski definition) is 6. The number of nitrogens with zero attached hydrogens (tertiary/aromatic N) is 1. The number of rotatable bonds is 7. The molecule has 166 valence electrons. The van der Waals surface area contributed by atoms with Gasteiger partial charge >= 0.3 is 6.18 Å². The fourth-order valence-electron chi connectivity index (χ4n) is 2.14. The Labute approximate surface area is 177 Å². The van der Waals surface area contributed by atoms with Crippen molar-refractivity contribution in [3.8, 4) is 5.75 Å². The number of benzene rings is 2. The van der Waals surface area contributed by atoms with Crippen molar-refractivity contribution in [3.05, 3.63) is 64.0 Å². The molecule has 0 saturated carbocycles. The number of carbonyl (C=O) groups excluding carboxylic acids is 2. The van der Waals surface area contributed by atoms with Crippen molar-refractivity contribution in [3.63, 3.8) is 0 Å². The van der Waals surface area contributed by atoms with E-state index in [0.29, 0.717) is 23.9 Å². The zero-order valence-corrected chi connectivity index (χ0v) is 16.6. The van der Waals surface area contributed by atoms with Gasteiger partial charge in [-0.25, -0.2) is 4.39 Å². The first-order valence-corrected chi connectivity index (χ1v) is 9.45. The van der Waals surface area contributed by atoms with E-state index in [4.69, 9.17) is 4.74 Å². The summed E-state index contributed by atoms with van der Waals surface area (Å²) in [6, 6.07) is 6.85. The highest BCUT2D eigenvalue weighted by Crippen LogP contribution is 2.36. The number of hydrazine groups is 1. The van der Waals surface area contributed by atoms with Crippen molar-refractivity contribution >= 4 is 29.3 Å². The predicted octanol–water partition coefficient (Wildman–Crippen LogP) is 3.46. The average molecular weight is 461 g/mol. The van der Waals surface area contributed by atoms with Crippen LogP contribution in [-0.2, 0) is 15.8 Å². The number of nitro groups is 1. The van der Waals surface area contributed by atoms with Crippen LogP contribution in [0.25, 0.3) is 0 Å². The molecule has 0 spiro atoms. The number of alkyl halides is 3. The van der Waals surface area contributed by atoms with Crippen molar-refractivity contribution in [2.45, 2.75) is 24.1 Å². The van der Waals surface area contributed by atoms with E-state index in [-0.39, 0.29) is 10.6 Å². The van der Waals surface area contributed by atoms with Gasteiger partial charge < -0.3 is 4.74 Å². The summed E-state index contributed by atoms with van der Waals surface area (Å²) in [7, 11) is 0. The van der Waals surface area contributed by atoms with Gasteiger partial charge in [-0.05, 0) is 43.3 Å². The number of amides is 2. The predicted molar refractivity (Wildman–Crippen MR) is 102 cm³/mol. The Morgan fingerprint density at radius 1 is 1.16 bits per heavy atom. The van der Waals surface area contributed by atoms with Crippen LogP contribution in [0, 0.1) is 15.9 Å². The molecule has 1 atom stereocenters. The van der Waals surface area contributed by atoms with Crippen LogP contribution < -0.4 is 15.6 Å². The molecule has 0 aliphatic heterocycles. The van der Waals surface area contributed by atoms with Crippen molar-refractivity contribution < 1.29 is 36.8 Å². The molecule has 31 heavy (non-hydrogen) atoms. The standard InChI is InChI=1S/C18H15F4N3O5S/c1-10(30-13-5-3-12(19)4-6-13)17(27)24-23-16(26)9-31-15-7-2-11(18(20,21)22)8-14(15)25(28)29/h2-8,10H,9H2,1H3,(H,23,26)(H,24,27). The van der Waals surface area contributed by atoms with Crippen LogP contribution in [0.15, 0.2) is 47.4 Å². The molecule has 2 N–H and O–H groups in total. The summed E-state index contributed by atoms with van der Waals surface area (Å²) in [5.41, 5.74) is 2.17. The molecule has 0 radical (unpaired) electrons. The van der Waals surface area contributed by atoms with Gasteiger partial charge in [0.2, 0.25) is 5.91 Å². The van der Waals surface area contributed by atoms with E-state index in [1.54, 1.807) is 0 Å². The Morgan fingerprint density at radius 2 is 1.81 bits per heavy atom. The molecule has 0 saturated heterocycles. The third kappa shape index (κ3) is 7.13. The number of halogens is 4. The number of thioether (sulfide) groups is 1. The van der Waals surface area contributed by atoms with Crippen molar-refractivity contribution in [2.75, 3.05) is 5.75 Å². The summed E-state index contributed by atoms with van der Waals surface area (Å²) in [6.07, 6.45) is -5.79. The summed E-state index contributed by atoms with van der Waals surface area (Å²) < 4.78 is 56.3. The van der Waals surface area contributed by atoms with Gasteiger partial charge in [0.1, 0.15) is 11.6 Å². The second kappa shape index (κ2) is 10.1. The van der Waals surface area contributed by atoms with Crippen LogP contribution >= 0.6 is 11.8 Å². The molecule has 13 heteroatoms. The molecule has 1 unspecified atom stereocenters. The monoisotopic (exact) mass is 461 g/mol. The van der Waals surface area contributed by atoms with E-state index < -0.39 is 51.8 Å². The number of nitrogens with one attached hydrogen (secondary N) is 2. The number of ether oxygens (including phenoxy) is 1. The molecule has 2 aromatic rings. The van der Waals surface area contributed by atoms with Crippen LogP contribution in [0.5, 0.6) is 5.75 Å². The first kappa shape index (κ1) is 23.9. The lowest BCUT2D eigenvalue weighted by Gasteiger charge is -2.15. The summed E-state index contributed by atoms with van der Waals surface area (Å²) >= 11 is 0.628. The third-order valence-corrected chi connectivity index (χ3v) is 4.73. The smallest absolute Gasteiger partial charge is 0.416 e. The maximum absolute atomic E-state index is 12.9. The molecule has 0 bridgehead atoms. The lowest BCUT2D eigenvalue weighted by Crippen LogP contribution is -2.47. The van der Waals surface area contributed by atoms with Gasteiger partial charge in [-0.1, -0.05) is 0 Å². The van der Waals surface area contributed by atoms with E-state index in [9.17, 15) is 37.3 Å². The van der Waals surface area contributed by atoms with Crippen molar-refractivity contribution in [2.24, 2.45) is 0 Å². The largest absolute Gasteiger partial charge is 0.481 e. The van der Waals surface area contributed by atoms with Crippen LogP contribution in [0.4, 0.5) is 23.2 Å². The molecular weight excluding hydrogens is 446 g/mol. The molecule has 2 rings (SSSR count). The Kier molecular flexibility index (Phi) is 7.80. The summed E-state index contributed by atoms with van der Waals surface area (Å²) in [6.45, 7) is 1.38. The van der Waals surface area contributed by atoms with Gasteiger partial charge in [0.05, 0.1) is 21.1 Å². The Morgan fingerprint density at radius 3 is 2.39 bits per heavy atom. The topological polar surface area (TPSA) is 111 Å². The highest BCUT2D eigenvalue weighted by atomic mass is 32.2. The minimum Gasteiger partial charge on any atom is -0.481 e. The minimum absolute atomic E-state index is 0.146. The fraction of sp³-hybridized carbons (Fsp3) is 0.222. The second-order valence-electron chi connectivity index (χ2n) is 5.98. The Balaban J connectivity index is 1.88. The number of hydrogen-bond donors (Lipinski definition) is 2. The number of nitro benzene ring substituents is 1. The highest BCUT2D eigenvalue weighted by Gasteiger charge is 2.33. The van der Waals surface area contributed by atoms with Crippen LogP contribution in [0.1, 0.15) is 12.5 Å². The summed E-state index contributed by atoms with van der Waals surface area (Å²) in [5, 5.41) is 11.0. The first-order valence-electron chi connectivity index (χ1n) is 8.46. The lowest BCUT2D eigenvalue weighted by atomic mass is 10.2. The normalized spacial score (nSPS) is 12.0. The molecule has 2 aromatic carbocycles. The van der Waals surface area contributed by atoms with Crippen LogP contribution in [-0.4, -0.2) is 28.6 Å². The van der Waals surface area contributed by atoms with Gasteiger partial charge in [-0.2, -0.15) is 13.2 Å². The Bertz CT molecular complexity index is 970. The fourth-order valence-corrected chi connectivity index (χ4v) is 2.95. The maximum Gasteiger partial charge on any atom is 0.416 e. The number of carbonyl (C=O) groups is 2. The van der Waals surface area contributed by atoms with E-state index >= 15 is 0 Å². The van der Waals surface area contributed by atoms with Crippen LogP contribution in [0.3, 0.4) is 0 Å². The molecule has 0 fully saturated rings. The highest BCUT2D eigenvalue weighted by molar-refractivity contribution is 8.00. The molecule has 0 heterocycles. The third-order valence-electron chi connectivity index (χ3n) is 3.66. The first-order chi connectivity index (χ1) is 14.5. The molecule has 8 nitrogen and oxygen atoms in total. The van der Waals surface area contributed by atoms with E-state index in [2.05, 4.69) is 10.9 Å². The molecular formula is C18H15F4N3O5S. The van der Waals surface area contributed by atoms with E-state index in [1.165, 1.54) is 19.1 Å². The van der Waals surface area contributed by atoms with E-state index in [0.717, 1.165) is 18.2 Å². The van der Waals surface area contributed by atoms with Gasteiger partial charge in [-0.15, -0.1) is 11.8 Å². The van der Waals surface area contributed by atoms with Gasteiger partial charge in [0, 0.05) is 6.07 Å². The van der Waals surface area contributed by atoms with Crippen molar-refractivity contribution in [1.82, 2.24) is 10.9 Å². The zero-order valence-electron chi connectivity index (χ0n) is 15.7. The second-order valence-corrected chi connectivity index (χ2v) is 6.99. The SMILES string of the molecule is CC(Oc1ccc(F)cc1)C(=O)NNC(=O)CSc1ccc(C(F)(F)F)cc1[N+](=O)[O-]. The summed E-state index contributed by atoms with van der Waals surface area (Å²) in [5.74, 6) is -2.17. The minimum atomic E-state index is -4.75. The molecule has 0 aromatic heterocycles. The van der Waals surface area contributed by atoms with Gasteiger partial charge in [0.25, 0.3) is 11.6 Å². The average Bonchev–Trinajstić information content (AvgIpc) is 2.71. The van der Waals surface area contributed by atoms with E-state index in [1.807, 2.05) is 0 Å². The molecule has 2 amide bonds. The zero-order chi connectivity index (χ0) is 23.2. The quantitative estimate of drug-likeness (QED) is 0.283.